The molecule has 0 aromatic heterocycles. The van der Waals surface area contributed by atoms with E-state index in [1.165, 1.54) is 103 Å². The first kappa shape index (κ1) is 81.1. The molecule has 28 heteroatoms. The van der Waals surface area contributed by atoms with E-state index in [4.69, 9.17) is 28.4 Å². The zero-order valence-electron chi connectivity index (χ0n) is 52.1. The number of ether oxygens (including phenoxy) is 6. The van der Waals surface area contributed by atoms with E-state index >= 15 is 0 Å². The molecule has 0 bridgehead atoms. The minimum absolute atomic E-state index is 0.321. The van der Waals surface area contributed by atoms with Crippen LogP contribution in [0.5, 0.6) is 0 Å². The minimum atomic E-state index is -2.40. The highest BCUT2D eigenvalue weighted by Gasteiger charge is 2.55. The molecule has 524 valence electrons. The Balaban J connectivity index is 0.000000460. The van der Waals surface area contributed by atoms with Crippen LogP contribution in [-0.2, 0) is 28.4 Å². The van der Waals surface area contributed by atoms with Crippen molar-refractivity contribution in [2.75, 3.05) is 52.7 Å². The van der Waals surface area contributed by atoms with Gasteiger partial charge in [-0.05, 0) is 12.8 Å². The van der Waals surface area contributed by atoms with Gasteiger partial charge < -0.3 is 141 Å². The van der Waals surface area contributed by atoms with Gasteiger partial charge in [-0.15, -0.1) is 0 Å². The molecule has 28 nitrogen and oxygen atoms in total. The van der Waals surface area contributed by atoms with E-state index < -0.39 is 199 Å². The fourth-order valence-electron chi connectivity index (χ4n) is 11.5. The molecule has 0 saturated carbocycles. The molecule has 22 N–H and O–H groups in total. The van der Waals surface area contributed by atoms with E-state index in [-0.39, 0.29) is 0 Å². The fraction of sp³-hybridized carbons (Fsp3) is 1.00. The standard InChI is InChI=1S/2C30H59NO13/c2*1-2-3-4-5-6-7-8-9-10-11-12-13-14-20(34)23(36)19(15-32)31-18-30(41)28(40)27(21(35)17-42-30)44-29-26(39)25(38)24(37)22(16-33)43-29/h2*19-29,31-41H,2-18H2,1H3/t19-,20+,21+,22+,23-,24+,25-,26+,27+,28-,29+,30?;19-,20+,21+,22+,23-,24-,25-,26+,27+,28-,29+,30?/m00/s1. The third-order valence-electron chi connectivity index (χ3n) is 17.5. The average Bonchev–Trinajstić information content (AvgIpc) is 2.59. The topological polar surface area (TPSA) is 484 Å². The fourth-order valence-corrected chi connectivity index (χ4v) is 11.5. The second-order valence-corrected chi connectivity index (χ2v) is 24.7. The smallest absolute Gasteiger partial charge is 0.207 e. The molecule has 0 amide bonds. The van der Waals surface area contributed by atoms with Crippen molar-refractivity contribution in [2.45, 2.75) is 327 Å². The van der Waals surface area contributed by atoms with Crippen LogP contribution in [0.2, 0.25) is 0 Å². The Morgan fingerprint density at radius 2 is 0.693 bits per heavy atom. The number of hydrogen-bond acceptors (Lipinski definition) is 28. The SMILES string of the molecule is CCCCCCCCCCCCCC[C@@H](O)[C@@H](O)[C@H](CO)NCC1(O)OC[C@@H](O)[C@@H](O[C@H]2O[C@H](CO)[C@@H](O)[C@H](O)[C@H]2O)[C@@H]1O.CCCCCCCCCCCCCC[C@@H](O)[C@@H](O)[C@H](CO)NCC1(O)OC[C@@H](O)[C@@H](O[C@H]2O[C@H](CO)[C@H](O)[C@H](O)[C@H]2O)[C@@H]1O. The van der Waals surface area contributed by atoms with Crippen LogP contribution >= 0.6 is 0 Å². The number of aliphatic hydroxyl groups is 20. The summed E-state index contributed by atoms with van der Waals surface area (Å²) in [5.41, 5.74) is 0. The second kappa shape index (κ2) is 43.8. The van der Waals surface area contributed by atoms with Crippen molar-refractivity contribution in [3.8, 4) is 0 Å². The predicted molar refractivity (Wildman–Crippen MR) is 316 cm³/mol. The lowest BCUT2D eigenvalue weighted by Crippen LogP contribution is -2.68. The first-order valence-electron chi connectivity index (χ1n) is 32.8. The highest BCUT2D eigenvalue weighted by molar-refractivity contribution is 4.99. The summed E-state index contributed by atoms with van der Waals surface area (Å²) < 4.78 is 32.0. The van der Waals surface area contributed by atoms with Crippen LogP contribution in [0.15, 0.2) is 0 Å². The number of nitrogens with one attached hydrogen (secondary N) is 2. The summed E-state index contributed by atoms with van der Waals surface area (Å²) in [6.45, 7) is -0.351. The maximum atomic E-state index is 11.0. The van der Waals surface area contributed by atoms with Crippen LogP contribution in [0.4, 0.5) is 0 Å². The van der Waals surface area contributed by atoms with Gasteiger partial charge in [0.25, 0.3) is 0 Å². The van der Waals surface area contributed by atoms with E-state index in [0.29, 0.717) is 25.7 Å². The Kier molecular flexibility index (Phi) is 40.4. The molecule has 0 aromatic rings. The zero-order valence-corrected chi connectivity index (χ0v) is 52.1. The average molecular weight is 1280 g/mol. The van der Waals surface area contributed by atoms with Crippen molar-refractivity contribution < 1.29 is 131 Å². The van der Waals surface area contributed by atoms with Gasteiger partial charge in [-0.25, -0.2) is 0 Å². The van der Waals surface area contributed by atoms with Gasteiger partial charge in [0.2, 0.25) is 11.6 Å². The van der Waals surface area contributed by atoms with Gasteiger partial charge in [-0.2, -0.15) is 0 Å². The molecule has 4 heterocycles. The van der Waals surface area contributed by atoms with Gasteiger partial charge in [-0.3, -0.25) is 0 Å². The van der Waals surface area contributed by atoms with Crippen molar-refractivity contribution in [3.63, 3.8) is 0 Å². The molecule has 4 aliphatic rings. The molecular formula is C60H118N2O26. The summed E-state index contributed by atoms with van der Waals surface area (Å²) in [7, 11) is 0. The third kappa shape index (κ3) is 26.2. The quantitative estimate of drug-likeness (QED) is 0.0266. The summed E-state index contributed by atoms with van der Waals surface area (Å²) in [6.07, 6.45) is -2.90. The van der Waals surface area contributed by atoms with Crippen molar-refractivity contribution in [3.05, 3.63) is 0 Å². The van der Waals surface area contributed by atoms with Gasteiger partial charge in [0, 0.05) is 0 Å². The highest BCUT2D eigenvalue weighted by Crippen LogP contribution is 2.33. The molecule has 4 rings (SSSR count). The summed E-state index contributed by atoms with van der Waals surface area (Å²) in [5, 5.41) is 211. The monoisotopic (exact) mass is 1280 g/mol. The van der Waals surface area contributed by atoms with Crippen molar-refractivity contribution in [1.29, 1.82) is 0 Å². The lowest BCUT2D eigenvalue weighted by atomic mass is 9.94. The van der Waals surface area contributed by atoms with E-state index in [2.05, 4.69) is 24.5 Å². The van der Waals surface area contributed by atoms with Gasteiger partial charge in [0.05, 0.1) is 89.2 Å². The van der Waals surface area contributed by atoms with Crippen LogP contribution in [-0.4, -0.2) is 301 Å². The normalized spacial score (nSPS) is 35.0. The maximum Gasteiger partial charge on any atom is 0.207 e. The summed E-state index contributed by atoms with van der Waals surface area (Å²) >= 11 is 0. The zero-order chi connectivity index (χ0) is 65.4. The van der Waals surface area contributed by atoms with Crippen LogP contribution in [0, 0.1) is 0 Å². The first-order chi connectivity index (χ1) is 42.0. The van der Waals surface area contributed by atoms with Crippen molar-refractivity contribution in [1.82, 2.24) is 10.6 Å². The molecule has 2 unspecified atom stereocenters. The Labute approximate surface area is 519 Å². The molecule has 24 atom stereocenters. The molecule has 4 fully saturated rings. The predicted octanol–water partition coefficient (Wildman–Crippen LogP) is -3.25. The van der Waals surface area contributed by atoms with E-state index in [1.807, 2.05) is 0 Å². The number of aliphatic hydroxyl groups excluding tert-OH is 18. The molecule has 4 aliphatic heterocycles. The molecule has 4 saturated heterocycles. The lowest BCUT2D eigenvalue weighted by Gasteiger charge is -2.47. The highest BCUT2D eigenvalue weighted by atomic mass is 16.7. The summed E-state index contributed by atoms with van der Waals surface area (Å²) in [6, 6.07) is -2.17. The second-order valence-electron chi connectivity index (χ2n) is 24.7. The Morgan fingerprint density at radius 3 is 0.966 bits per heavy atom. The lowest BCUT2D eigenvalue weighted by molar-refractivity contribution is -0.367. The molecule has 0 radical (unpaired) electrons. The van der Waals surface area contributed by atoms with E-state index in [1.54, 1.807) is 0 Å². The van der Waals surface area contributed by atoms with Gasteiger partial charge in [-0.1, -0.05) is 168 Å². The van der Waals surface area contributed by atoms with E-state index in [9.17, 15) is 102 Å². The van der Waals surface area contributed by atoms with Gasteiger partial charge in [0.15, 0.2) is 12.6 Å². The molecule has 0 aromatic carbocycles. The first-order valence-corrected chi connectivity index (χ1v) is 32.8. The molecule has 88 heavy (non-hydrogen) atoms. The Morgan fingerprint density at radius 1 is 0.409 bits per heavy atom. The number of unbranched alkanes of at least 4 members (excludes halogenated alkanes) is 22. The largest absolute Gasteiger partial charge is 0.395 e. The van der Waals surface area contributed by atoms with Crippen LogP contribution < -0.4 is 10.6 Å². The Hall–Kier alpha value is -1.12. The molecular weight excluding hydrogens is 1160 g/mol. The van der Waals surface area contributed by atoms with Gasteiger partial charge >= 0.3 is 0 Å². The Bertz CT molecular complexity index is 1620. The summed E-state index contributed by atoms with van der Waals surface area (Å²) in [5.74, 6) is -4.79. The van der Waals surface area contributed by atoms with Crippen molar-refractivity contribution in [2.24, 2.45) is 0 Å². The minimum Gasteiger partial charge on any atom is -0.395 e. The number of rotatable bonds is 44. The van der Waals surface area contributed by atoms with Crippen LogP contribution in [0.25, 0.3) is 0 Å². The third-order valence-corrected chi connectivity index (χ3v) is 17.5. The van der Waals surface area contributed by atoms with Crippen LogP contribution in [0.3, 0.4) is 0 Å². The van der Waals surface area contributed by atoms with Crippen LogP contribution in [0.1, 0.15) is 181 Å². The van der Waals surface area contributed by atoms with Crippen molar-refractivity contribution >= 4 is 0 Å². The van der Waals surface area contributed by atoms with E-state index in [0.717, 1.165) is 38.5 Å². The summed E-state index contributed by atoms with van der Waals surface area (Å²) in [4.78, 5) is 0. The maximum absolute atomic E-state index is 11.0. The molecule has 0 spiro atoms. The number of hydrogen-bond donors (Lipinski definition) is 22. The van der Waals surface area contributed by atoms with Gasteiger partial charge in [0.1, 0.15) is 85.5 Å². The molecule has 0 aliphatic carbocycles.